The molecular weight excluding hydrogens is 362 g/mol. The average Bonchev–Trinajstić information content (AvgIpc) is 2.99. The Kier molecular flexibility index (Phi) is 7.23. The number of aliphatic hydroxyl groups excluding tert-OH is 1. The first-order chi connectivity index (χ1) is 13.1. The van der Waals surface area contributed by atoms with Gasteiger partial charge in [0.2, 0.25) is 5.88 Å². The summed E-state index contributed by atoms with van der Waals surface area (Å²) >= 11 is 0. The predicted molar refractivity (Wildman–Crippen MR) is 104 cm³/mol. The second kappa shape index (κ2) is 9.23. The van der Waals surface area contributed by atoms with Crippen LogP contribution in [0.1, 0.15) is 51.4 Å². The Morgan fingerprint density at radius 3 is 2.75 bits per heavy atom. The number of pyridine rings is 1. The van der Waals surface area contributed by atoms with E-state index in [1.807, 2.05) is 13.8 Å². The van der Waals surface area contributed by atoms with Crippen molar-refractivity contribution in [3.05, 3.63) is 23.9 Å². The normalized spacial score (nSPS) is 20.6. The number of rotatable bonds is 6. The van der Waals surface area contributed by atoms with Crippen molar-refractivity contribution in [2.45, 2.75) is 58.8 Å². The molecule has 1 aliphatic rings. The summed E-state index contributed by atoms with van der Waals surface area (Å²) < 4.78 is 11.0. The summed E-state index contributed by atoms with van der Waals surface area (Å²) in [6.45, 7) is 10.1. The van der Waals surface area contributed by atoms with E-state index >= 15 is 0 Å². The van der Waals surface area contributed by atoms with Crippen LogP contribution in [0.2, 0.25) is 0 Å². The van der Waals surface area contributed by atoms with Crippen LogP contribution in [0, 0.1) is 5.92 Å². The standard InChI is InChI=1S/C20H31N3O5/c1-6-13(2)27-17-9-14(7-8-21-17)18(25)22-10-15-11-23(12-16(15)24)19(26)28-20(3,4)5/h7-9,13,15-16,24H,6,10-12H2,1-5H3,(H,22,25)/t13-,15-,16-/m0/s1. The molecule has 8 nitrogen and oxygen atoms in total. The Balaban J connectivity index is 1.89. The smallest absolute Gasteiger partial charge is 0.410 e. The van der Waals surface area contributed by atoms with Crippen molar-refractivity contribution in [1.29, 1.82) is 0 Å². The molecule has 3 atom stereocenters. The summed E-state index contributed by atoms with van der Waals surface area (Å²) in [5.41, 5.74) is -0.158. The number of carbonyl (C=O) groups is 2. The van der Waals surface area contributed by atoms with E-state index in [0.717, 1.165) is 6.42 Å². The van der Waals surface area contributed by atoms with Gasteiger partial charge >= 0.3 is 6.09 Å². The summed E-state index contributed by atoms with van der Waals surface area (Å²) in [4.78, 5) is 30.2. The molecule has 0 spiro atoms. The SMILES string of the molecule is CC[C@H](C)Oc1cc(C(=O)NC[C@H]2CN(C(=O)OC(C)(C)C)C[C@@H]2O)ccn1. The Morgan fingerprint density at radius 1 is 1.39 bits per heavy atom. The van der Waals surface area contributed by atoms with Crippen molar-refractivity contribution in [3.63, 3.8) is 0 Å². The van der Waals surface area contributed by atoms with Gasteiger partial charge in [-0.2, -0.15) is 0 Å². The quantitative estimate of drug-likeness (QED) is 0.769. The number of aromatic nitrogens is 1. The van der Waals surface area contributed by atoms with Crippen LogP contribution in [0.15, 0.2) is 18.3 Å². The van der Waals surface area contributed by atoms with Crippen molar-refractivity contribution in [2.75, 3.05) is 19.6 Å². The van der Waals surface area contributed by atoms with Crippen LogP contribution in [0.3, 0.4) is 0 Å². The summed E-state index contributed by atoms with van der Waals surface area (Å²) in [5, 5.41) is 13.0. The number of nitrogens with zero attached hydrogens (tertiary/aromatic N) is 2. The highest BCUT2D eigenvalue weighted by molar-refractivity contribution is 5.94. The van der Waals surface area contributed by atoms with Gasteiger partial charge in [0.25, 0.3) is 5.91 Å². The zero-order chi connectivity index (χ0) is 20.9. The zero-order valence-corrected chi connectivity index (χ0v) is 17.3. The van der Waals surface area contributed by atoms with Gasteiger partial charge in [-0.3, -0.25) is 4.79 Å². The number of ether oxygens (including phenoxy) is 2. The van der Waals surface area contributed by atoms with Gasteiger partial charge < -0.3 is 24.8 Å². The largest absolute Gasteiger partial charge is 0.475 e. The number of nitrogens with one attached hydrogen (secondary N) is 1. The minimum absolute atomic E-state index is 0.0123. The molecular formula is C20H31N3O5. The molecule has 2 heterocycles. The van der Waals surface area contributed by atoms with Gasteiger partial charge in [0.05, 0.1) is 18.8 Å². The molecule has 0 saturated carbocycles. The van der Waals surface area contributed by atoms with Crippen LogP contribution in [0.25, 0.3) is 0 Å². The molecule has 2 amide bonds. The fraction of sp³-hybridized carbons (Fsp3) is 0.650. The molecule has 1 aromatic rings. The van der Waals surface area contributed by atoms with E-state index in [1.165, 1.54) is 11.1 Å². The van der Waals surface area contributed by atoms with Crippen LogP contribution in [-0.2, 0) is 4.74 Å². The number of likely N-dealkylation sites (tertiary alicyclic amines) is 1. The summed E-state index contributed by atoms with van der Waals surface area (Å²) in [6, 6.07) is 3.20. The highest BCUT2D eigenvalue weighted by atomic mass is 16.6. The monoisotopic (exact) mass is 393 g/mol. The lowest BCUT2D eigenvalue weighted by molar-refractivity contribution is 0.0269. The maximum Gasteiger partial charge on any atom is 0.410 e. The summed E-state index contributed by atoms with van der Waals surface area (Å²) in [7, 11) is 0. The fourth-order valence-electron chi connectivity index (χ4n) is 2.76. The molecule has 28 heavy (non-hydrogen) atoms. The molecule has 2 rings (SSSR count). The van der Waals surface area contributed by atoms with Crippen molar-refractivity contribution in [1.82, 2.24) is 15.2 Å². The number of carbonyl (C=O) groups excluding carboxylic acids is 2. The second-order valence-electron chi connectivity index (χ2n) is 8.14. The first-order valence-corrected chi connectivity index (χ1v) is 9.66. The lowest BCUT2D eigenvalue weighted by atomic mass is 10.1. The molecule has 1 saturated heterocycles. The van der Waals surface area contributed by atoms with Crippen LogP contribution < -0.4 is 10.1 Å². The molecule has 1 aliphatic heterocycles. The third-order valence-electron chi connectivity index (χ3n) is 4.48. The van der Waals surface area contributed by atoms with Gasteiger partial charge in [-0.15, -0.1) is 0 Å². The van der Waals surface area contributed by atoms with Gasteiger partial charge in [-0.25, -0.2) is 9.78 Å². The number of β-amino-alcohol motifs (C(OH)–C–C–N with tert-alkyl or cyclic N) is 1. The van der Waals surface area contributed by atoms with Crippen LogP contribution >= 0.6 is 0 Å². The average molecular weight is 393 g/mol. The highest BCUT2D eigenvalue weighted by Crippen LogP contribution is 2.20. The van der Waals surface area contributed by atoms with Crippen LogP contribution in [-0.4, -0.2) is 64.4 Å². The van der Waals surface area contributed by atoms with E-state index in [1.54, 1.807) is 32.9 Å². The lowest BCUT2D eigenvalue weighted by Gasteiger charge is -2.24. The fourth-order valence-corrected chi connectivity index (χ4v) is 2.76. The Bertz CT molecular complexity index is 689. The lowest BCUT2D eigenvalue weighted by Crippen LogP contribution is -2.36. The minimum Gasteiger partial charge on any atom is -0.475 e. The molecule has 1 aromatic heterocycles. The van der Waals surface area contributed by atoms with Gasteiger partial charge in [0, 0.05) is 36.8 Å². The van der Waals surface area contributed by atoms with Gasteiger partial charge in [-0.05, 0) is 40.2 Å². The minimum atomic E-state index is -0.713. The summed E-state index contributed by atoms with van der Waals surface area (Å²) in [6.07, 6.45) is 1.21. The van der Waals surface area contributed by atoms with Crippen molar-refractivity contribution in [3.8, 4) is 5.88 Å². The third-order valence-corrected chi connectivity index (χ3v) is 4.48. The van der Waals surface area contributed by atoms with Gasteiger partial charge in [-0.1, -0.05) is 6.92 Å². The van der Waals surface area contributed by atoms with E-state index < -0.39 is 17.8 Å². The van der Waals surface area contributed by atoms with Crippen LogP contribution in [0.5, 0.6) is 5.88 Å². The molecule has 2 N–H and O–H groups in total. The zero-order valence-electron chi connectivity index (χ0n) is 17.3. The molecule has 0 aromatic carbocycles. The number of hydrogen-bond acceptors (Lipinski definition) is 6. The Hall–Kier alpha value is -2.35. The van der Waals surface area contributed by atoms with Gasteiger partial charge in [0.1, 0.15) is 5.60 Å². The predicted octanol–water partition coefficient (Wildman–Crippen LogP) is 2.22. The molecule has 0 bridgehead atoms. The molecule has 0 radical (unpaired) electrons. The molecule has 0 unspecified atom stereocenters. The maximum atomic E-state index is 12.4. The Labute approximate surface area is 166 Å². The Morgan fingerprint density at radius 2 is 2.11 bits per heavy atom. The van der Waals surface area contributed by atoms with E-state index in [9.17, 15) is 14.7 Å². The first-order valence-electron chi connectivity index (χ1n) is 9.66. The van der Waals surface area contributed by atoms with E-state index in [2.05, 4.69) is 10.3 Å². The molecule has 156 valence electrons. The number of aliphatic hydroxyl groups is 1. The van der Waals surface area contributed by atoms with Crippen LogP contribution in [0.4, 0.5) is 4.79 Å². The van der Waals surface area contributed by atoms with Gasteiger partial charge in [0.15, 0.2) is 0 Å². The van der Waals surface area contributed by atoms with E-state index in [0.29, 0.717) is 18.0 Å². The maximum absolute atomic E-state index is 12.4. The summed E-state index contributed by atoms with van der Waals surface area (Å²) in [5.74, 6) is -0.132. The molecule has 1 fully saturated rings. The first kappa shape index (κ1) is 21.9. The number of hydrogen-bond donors (Lipinski definition) is 2. The van der Waals surface area contributed by atoms with E-state index in [4.69, 9.17) is 9.47 Å². The van der Waals surface area contributed by atoms with Crippen molar-refractivity contribution < 1.29 is 24.2 Å². The second-order valence-corrected chi connectivity index (χ2v) is 8.14. The number of amides is 2. The topological polar surface area (TPSA) is 101 Å². The van der Waals surface area contributed by atoms with Crippen molar-refractivity contribution >= 4 is 12.0 Å². The molecule has 8 heteroatoms. The third kappa shape index (κ3) is 6.37. The van der Waals surface area contributed by atoms with E-state index in [-0.39, 0.29) is 31.0 Å². The highest BCUT2D eigenvalue weighted by Gasteiger charge is 2.36. The molecule has 0 aliphatic carbocycles. The van der Waals surface area contributed by atoms with Crippen molar-refractivity contribution in [2.24, 2.45) is 5.92 Å².